The molecule has 176 valence electrons. The van der Waals surface area contributed by atoms with Crippen molar-refractivity contribution in [3.8, 4) is 11.5 Å². The van der Waals surface area contributed by atoms with Crippen molar-refractivity contribution in [1.82, 2.24) is 10.6 Å². The molecule has 1 aliphatic heterocycles. The highest BCUT2D eigenvalue weighted by Gasteiger charge is 2.35. The summed E-state index contributed by atoms with van der Waals surface area (Å²) in [5.41, 5.74) is 1.67. The maximum atomic E-state index is 13.2. The van der Waals surface area contributed by atoms with Gasteiger partial charge in [-0.2, -0.15) is 0 Å². The van der Waals surface area contributed by atoms with Crippen LogP contribution in [0.5, 0.6) is 11.5 Å². The number of hydrogen-bond acceptors (Lipinski definition) is 5. The molecule has 7 nitrogen and oxygen atoms in total. The molecule has 2 aromatic carbocycles. The van der Waals surface area contributed by atoms with Gasteiger partial charge >= 0.3 is 12.0 Å². The lowest BCUT2D eigenvalue weighted by Crippen LogP contribution is -2.45. The zero-order valence-corrected chi connectivity index (χ0v) is 20.5. The summed E-state index contributed by atoms with van der Waals surface area (Å²) in [5, 5.41) is 6.05. The second kappa shape index (κ2) is 10.4. The maximum absolute atomic E-state index is 13.2. The van der Waals surface area contributed by atoms with Crippen LogP contribution >= 0.6 is 23.2 Å². The van der Waals surface area contributed by atoms with Gasteiger partial charge in [-0.3, -0.25) is 0 Å². The monoisotopic (exact) mass is 492 g/mol. The maximum Gasteiger partial charge on any atom is 0.338 e. The largest absolute Gasteiger partial charge is 0.497 e. The molecule has 2 N–H and O–H groups in total. The fraction of sp³-hybridized carbons (Fsp3) is 0.333. The van der Waals surface area contributed by atoms with E-state index in [1.54, 1.807) is 57.4 Å². The predicted molar refractivity (Wildman–Crippen MR) is 128 cm³/mol. The Hall–Kier alpha value is -2.90. The molecular weight excluding hydrogens is 467 g/mol. The fourth-order valence-corrected chi connectivity index (χ4v) is 3.98. The first-order valence-electron chi connectivity index (χ1n) is 10.4. The number of urea groups is 1. The molecule has 1 aliphatic rings. The van der Waals surface area contributed by atoms with E-state index < -0.39 is 18.0 Å². The molecule has 0 spiro atoms. The number of benzene rings is 2. The van der Waals surface area contributed by atoms with Crippen molar-refractivity contribution >= 4 is 40.9 Å². The summed E-state index contributed by atoms with van der Waals surface area (Å²) in [4.78, 5) is 25.8. The van der Waals surface area contributed by atoms with E-state index in [1.807, 2.05) is 13.8 Å². The van der Waals surface area contributed by atoms with Crippen molar-refractivity contribution in [2.24, 2.45) is 0 Å². The molecule has 0 fully saturated rings. The van der Waals surface area contributed by atoms with E-state index in [9.17, 15) is 9.59 Å². The number of esters is 1. The zero-order valence-electron chi connectivity index (χ0n) is 19.0. The molecule has 0 aliphatic carbocycles. The Labute approximate surface area is 203 Å². The number of halogens is 2. The molecule has 0 saturated carbocycles. The number of ether oxygens (including phenoxy) is 3. The highest BCUT2D eigenvalue weighted by Crippen LogP contribution is 2.40. The minimum Gasteiger partial charge on any atom is -0.497 e. The first kappa shape index (κ1) is 24.7. The van der Waals surface area contributed by atoms with E-state index in [-0.39, 0.29) is 27.8 Å². The van der Waals surface area contributed by atoms with E-state index in [2.05, 4.69) is 10.6 Å². The number of carbonyl (C=O) groups is 2. The molecule has 0 bridgehead atoms. The standard InChI is InChI=1S/C24H26Cl2N2O5/c1-12(2)32-22-17(25)10-15(11-18(22)26)21-19(23(29)33-13(3)4)20(27-24(30)28-21)14-6-8-16(31-5)9-7-14/h6-13,21H,1-5H3,(H2,27,28,30). The molecule has 0 radical (unpaired) electrons. The van der Waals surface area contributed by atoms with Gasteiger partial charge in [-0.15, -0.1) is 0 Å². The van der Waals surface area contributed by atoms with Crippen LogP contribution in [0.2, 0.25) is 10.0 Å². The number of nitrogens with one attached hydrogen (secondary N) is 2. The first-order chi connectivity index (χ1) is 15.6. The molecule has 1 atom stereocenters. The SMILES string of the molecule is COc1ccc(C2=C(C(=O)OC(C)C)C(c3cc(Cl)c(OC(C)C)c(Cl)c3)NC(=O)N2)cc1. The third kappa shape index (κ3) is 5.72. The van der Waals surface area contributed by atoms with Crippen LogP contribution in [-0.4, -0.2) is 31.3 Å². The lowest BCUT2D eigenvalue weighted by Gasteiger charge is -2.30. The van der Waals surface area contributed by atoms with Gasteiger partial charge in [0.1, 0.15) is 5.75 Å². The van der Waals surface area contributed by atoms with Crippen molar-refractivity contribution in [3.63, 3.8) is 0 Å². The summed E-state index contributed by atoms with van der Waals surface area (Å²) in [6, 6.07) is 8.88. The molecule has 2 aromatic rings. The second-order valence-corrected chi connectivity index (χ2v) is 8.80. The van der Waals surface area contributed by atoms with Crippen LogP contribution in [-0.2, 0) is 9.53 Å². The van der Waals surface area contributed by atoms with Crippen molar-refractivity contribution in [3.05, 3.63) is 63.1 Å². The Kier molecular flexibility index (Phi) is 7.76. The van der Waals surface area contributed by atoms with Gasteiger partial charge in [0, 0.05) is 0 Å². The fourth-order valence-electron chi connectivity index (χ4n) is 3.39. The normalized spacial score (nSPS) is 15.9. The van der Waals surface area contributed by atoms with Crippen LogP contribution in [0.25, 0.3) is 5.70 Å². The topological polar surface area (TPSA) is 85.9 Å². The van der Waals surface area contributed by atoms with Crippen LogP contribution in [0.3, 0.4) is 0 Å². The quantitative estimate of drug-likeness (QED) is 0.497. The average molecular weight is 493 g/mol. The Bertz CT molecular complexity index is 1060. The third-order valence-electron chi connectivity index (χ3n) is 4.72. The van der Waals surface area contributed by atoms with Crippen LogP contribution in [0.15, 0.2) is 42.0 Å². The molecule has 9 heteroatoms. The van der Waals surface area contributed by atoms with Gasteiger partial charge in [0.05, 0.1) is 46.7 Å². The van der Waals surface area contributed by atoms with Gasteiger partial charge in [0.25, 0.3) is 0 Å². The number of carbonyl (C=O) groups excluding carboxylic acids is 2. The van der Waals surface area contributed by atoms with Crippen LogP contribution in [0.4, 0.5) is 4.79 Å². The zero-order chi connectivity index (χ0) is 24.3. The first-order valence-corrected chi connectivity index (χ1v) is 11.2. The van der Waals surface area contributed by atoms with Gasteiger partial charge in [0.2, 0.25) is 0 Å². The minimum atomic E-state index is -0.856. The van der Waals surface area contributed by atoms with E-state index >= 15 is 0 Å². The van der Waals surface area contributed by atoms with Crippen molar-refractivity contribution < 1.29 is 23.8 Å². The van der Waals surface area contributed by atoms with Crippen molar-refractivity contribution in [2.75, 3.05) is 7.11 Å². The number of hydrogen-bond donors (Lipinski definition) is 2. The Morgan fingerprint density at radius 2 is 1.61 bits per heavy atom. The summed E-state index contributed by atoms with van der Waals surface area (Å²) < 4.78 is 16.4. The average Bonchev–Trinajstić information content (AvgIpc) is 2.74. The van der Waals surface area contributed by atoms with Crippen molar-refractivity contribution in [1.29, 1.82) is 0 Å². The molecule has 0 saturated heterocycles. The highest BCUT2D eigenvalue weighted by molar-refractivity contribution is 6.37. The summed E-state index contributed by atoms with van der Waals surface area (Å²) in [6.07, 6.45) is -0.503. The van der Waals surface area contributed by atoms with E-state index in [0.29, 0.717) is 28.3 Å². The Morgan fingerprint density at radius 3 is 2.12 bits per heavy atom. The summed E-state index contributed by atoms with van der Waals surface area (Å²) in [6.45, 7) is 7.22. The molecule has 2 amide bonds. The van der Waals surface area contributed by atoms with Gasteiger partial charge in [0.15, 0.2) is 5.75 Å². The van der Waals surface area contributed by atoms with Gasteiger partial charge in [-0.1, -0.05) is 23.2 Å². The minimum absolute atomic E-state index is 0.136. The highest BCUT2D eigenvalue weighted by atomic mass is 35.5. The van der Waals surface area contributed by atoms with Gasteiger partial charge in [-0.25, -0.2) is 9.59 Å². The van der Waals surface area contributed by atoms with Gasteiger partial charge < -0.3 is 24.8 Å². The Balaban J connectivity index is 2.17. The number of methoxy groups -OCH3 is 1. The third-order valence-corrected chi connectivity index (χ3v) is 5.28. The number of rotatable bonds is 7. The molecule has 1 unspecified atom stereocenters. The van der Waals surface area contributed by atoms with E-state index in [4.69, 9.17) is 37.4 Å². The van der Waals surface area contributed by atoms with E-state index in [0.717, 1.165) is 0 Å². The van der Waals surface area contributed by atoms with Crippen molar-refractivity contribution in [2.45, 2.75) is 45.9 Å². The molecule has 33 heavy (non-hydrogen) atoms. The summed E-state index contributed by atoms with van der Waals surface area (Å²) in [5.74, 6) is 0.396. The predicted octanol–water partition coefficient (Wildman–Crippen LogP) is 5.51. The van der Waals surface area contributed by atoms with Crippen LogP contribution in [0.1, 0.15) is 44.9 Å². The van der Waals surface area contributed by atoms with E-state index in [1.165, 1.54) is 0 Å². The summed E-state index contributed by atoms with van der Waals surface area (Å²) >= 11 is 12.9. The lowest BCUT2D eigenvalue weighted by atomic mass is 9.92. The molecule has 3 rings (SSSR count). The lowest BCUT2D eigenvalue weighted by molar-refractivity contribution is -0.143. The molecular formula is C24H26Cl2N2O5. The van der Waals surface area contributed by atoms with Crippen LogP contribution in [0, 0.1) is 0 Å². The number of amides is 2. The summed E-state index contributed by atoms with van der Waals surface area (Å²) in [7, 11) is 1.56. The second-order valence-electron chi connectivity index (χ2n) is 7.98. The van der Waals surface area contributed by atoms with Gasteiger partial charge in [-0.05, 0) is 75.2 Å². The molecule has 1 heterocycles. The van der Waals surface area contributed by atoms with Crippen LogP contribution < -0.4 is 20.1 Å². The Morgan fingerprint density at radius 1 is 1.00 bits per heavy atom. The smallest absolute Gasteiger partial charge is 0.338 e. The molecule has 0 aromatic heterocycles.